The van der Waals surface area contributed by atoms with Gasteiger partial charge in [0, 0.05) is 19.1 Å². The molecule has 1 aromatic heterocycles. The number of para-hydroxylation sites is 2. The maximum atomic E-state index is 11.3. The van der Waals surface area contributed by atoms with Crippen LogP contribution in [-0.4, -0.2) is 20.8 Å². The molecule has 2 aromatic carbocycles. The molecule has 9 heteroatoms. The molecule has 0 spiro atoms. The SMILES string of the molecule is CC(=O)Nc1ccccc1Nc1nc2ccc([N+](=O)[O-])cc2nc1Cl. The number of hydrogen-bond donors (Lipinski definition) is 2. The van der Waals surface area contributed by atoms with E-state index >= 15 is 0 Å². The summed E-state index contributed by atoms with van der Waals surface area (Å²) in [5.41, 5.74) is 1.84. The molecule has 126 valence electrons. The molecule has 0 aliphatic heterocycles. The number of fused-ring (bicyclic) bond motifs is 1. The van der Waals surface area contributed by atoms with Crippen LogP contribution in [0.1, 0.15) is 6.92 Å². The van der Waals surface area contributed by atoms with Gasteiger partial charge in [-0.1, -0.05) is 23.7 Å². The van der Waals surface area contributed by atoms with Gasteiger partial charge >= 0.3 is 0 Å². The molecule has 1 amide bonds. The number of anilines is 3. The van der Waals surface area contributed by atoms with E-state index in [2.05, 4.69) is 20.6 Å². The normalized spacial score (nSPS) is 10.5. The zero-order valence-electron chi connectivity index (χ0n) is 13.0. The van der Waals surface area contributed by atoms with Crippen molar-refractivity contribution in [3.63, 3.8) is 0 Å². The van der Waals surface area contributed by atoms with Gasteiger partial charge in [-0.05, 0) is 18.2 Å². The number of halogens is 1. The van der Waals surface area contributed by atoms with E-state index in [1.807, 2.05) is 0 Å². The zero-order valence-corrected chi connectivity index (χ0v) is 13.7. The number of nitrogens with zero attached hydrogens (tertiary/aromatic N) is 3. The molecule has 0 aliphatic rings. The number of carbonyl (C=O) groups excluding carboxylic acids is 1. The number of nitro groups is 1. The number of rotatable bonds is 4. The summed E-state index contributed by atoms with van der Waals surface area (Å²) >= 11 is 6.15. The zero-order chi connectivity index (χ0) is 18.0. The first-order valence-electron chi connectivity index (χ1n) is 7.19. The highest BCUT2D eigenvalue weighted by Gasteiger charge is 2.13. The highest BCUT2D eigenvalue weighted by atomic mass is 35.5. The van der Waals surface area contributed by atoms with Gasteiger partial charge in [0.2, 0.25) is 5.91 Å². The number of nitrogens with one attached hydrogen (secondary N) is 2. The van der Waals surface area contributed by atoms with Gasteiger partial charge in [-0.3, -0.25) is 14.9 Å². The summed E-state index contributed by atoms with van der Waals surface area (Å²) in [5, 5.41) is 16.6. The van der Waals surface area contributed by atoms with Crippen molar-refractivity contribution in [1.82, 2.24) is 9.97 Å². The van der Waals surface area contributed by atoms with Crippen molar-refractivity contribution in [1.29, 1.82) is 0 Å². The first-order valence-corrected chi connectivity index (χ1v) is 7.57. The van der Waals surface area contributed by atoms with Crippen molar-refractivity contribution in [3.8, 4) is 0 Å². The molecule has 2 N–H and O–H groups in total. The largest absolute Gasteiger partial charge is 0.336 e. The van der Waals surface area contributed by atoms with E-state index in [1.165, 1.54) is 25.1 Å². The predicted octanol–water partition coefficient (Wildman–Crippen LogP) is 3.89. The van der Waals surface area contributed by atoms with E-state index < -0.39 is 4.92 Å². The highest BCUT2D eigenvalue weighted by Crippen LogP contribution is 2.29. The average Bonchev–Trinajstić information content (AvgIpc) is 2.56. The summed E-state index contributed by atoms with van der Waals surface area (Å²) in [7, 11) is 0. The number of aromatic nitrogens is 2. The number of carbonyl (C=O) groups is 1. The predicted molar refractivity (Wildman–Crippen MR) is 95.2 cm³/mol. The fourth-order valence-corrected chi connectivity index (χ4v) is 2.41. The van der Waals surface area contributed by atoms with Gasteiger partial charge in [0.15, 0.2) is 11.0 Å². The van der Waals surface area contributed by atoms with E-state index in [0.29, 0.717) is 22.4 Å². The van der Waals surface area contributed by atoms with Crippen LogP contribution in [0.15, 0.2) is 42.5 Å². The second-order valence-electron chi connectivity index (χ2n) is 5.14. The number of amides is 1. The Hall–Kier alpha value is -3.26. The fourth-order valence-electron chi connectivity index (χ4n) is 2.23. The number of hydrogen-bond acceptors (Lipinski definition) is 6. The highest BCUT2D eigenvalue weighted by molar-refractivity contribution is 6.32. The van der Waals surface area contributed by atoms with E-state index in [9.17, 15) is 14.9 Å². The van der Waals surface area contributed by atoms with Crippen LogP contribution in [0.2, 0.25) is 5.15 Å². The molecule has 8 nitrogen and oxygen atoms in total. The van der Waals surface area contributed by atoms with E-state index in [0.717, 1.165) is 0 Å². The van der Waals surface area contributed by atoms with Crippen molar-refractivity contribution in [2.24, 2.45) is 0 Å². The lowest BCUT2D eigenvalue weighted by atomic mass is 10.2. The van der Waals surface area contributed by atoms with Gasteiger partial charge in [-0.2, -0.15) is 0 Å². The number of benzene rings is 2. The second kappa shape index (κ2) is 6.70. The molecular weight excluding hydrogens is 346 g/mol. The molecule has 1 heterocycles. The monoisotopic (exact) mass is 357 g/mol. The summed E-state index contributed by atoms with van der Waals surface area (Å²) in [5.74, 6) is 0.0677. The van der Waals surface area contributed by atoms with Crippen LogP contribution in [0, 0.1) is 10.1 Å². The Morgan fingerprint density at radius 1 is 1.12 bits per heavy atom. The van der Waals surface area contributed by atoms with E-state index in [-0.39, 0.29) is 22.6 Å². The molecule has 3 aromatic rings. The minimum absolute atomic E-state index is 0.0608. The summed E-state index contributed by atoms with van der Waals surface area (Å²) < 4.78 is 0. The van der Waals surface area contributed by atoms with Crippen LogP contribution >= 0.6 is 11.6 Å². The average molecular weight is 358 g/mol. The Morgan fingerprint density at radius 2 is 1.84 bits per heavy atom. The van der Waals surface area contributed by atoms with Crippen molar-refractivity contribution in [3.05, 3.63) is 57.7 Å². The molecule has 0 saturated carbocycles. The lowest BCUT2D eigenvalue weighted by Gasteiger charge is -2.12. The van der Waals surface area contributed by atoms with Crippen molar-refractivity contribution in [2.45, 2.75) is 6.92 Å². The van der Waals surface area contributed by atoms with E-state index in [1.54, 1.807) is 24.3 Å². The first kappa shape index (κ1) is 16.6. The molecule has 0 aliphatic carbocycles. The third-order valence-electron chi connectivity index (χ3n) is 3.31. The maximum Gasteiger partial charge on any atom is 0.271 e. The molecule has 25 heavy (non-hydrogen) atoms. The minimum Gasteiger partial charge on any atom is -0.336 e. The molecular formula is C16H12ClN5O3. The quantitative estimate of drug-likeness (QED) is 0.541. The van der Waals surface area contributed by atoms with Crippen molar-refractivity contribution < 1.29 is 9.72 Å². The maximum absolute atomic E-state index is 11.3. The van der Waals surface area contributed by atoms with Gasteiger partial charge in [0.25, 0.3) is 5.69 Å². The molecule has 0 unspecified atom stereocenters. The van der Waals surface area contributed by atoms with Crippen LogP contribution in [-0.2, 0) is 4.79 Å². The topological polar surface area (TPSA) is 110 Å². The summed E-state index contributed by atoms with van der Waals surface area (Å²) in [4.78, 5) is 30.1. The van der Waals surface area contributed by atoms with Crippen molar-refractivity contribution >= 4 is 51.4 Å². The summed E-state index contributed by atoms with van der Waals surface area (Å²) in [6.07, 6.45) is 0. The molecule has 0 fully saturated rings. The molecule has 0 saturated heterocycles. The standard InChI is InChI=1S/C16H12ClN5O3/c1-9(23)18-11-4-2-3-5-12(11)20-16-15(17)19-14-8-10(22(24)25)6-7-13(14)21-16/h2-8H,1H3,(H,18,23)(H,20,21). The molecule has 0 atom stereocenters. The second-order valence-corrected chi connectivity index (χ2v) is 5.50. The molecule has 0 radical (unpaired) electrons. The first-order chi connectivity index (χ1) is 11.9. The smallest absolute Gasteiger partial charge is 0.271 e. The van der Waals surface area contributed by atoms with Gasteiger partial charge in [0.05, 0.1) is 27.3 Å². The summed E-state index contributed by atoms with van der Waals surface area (Å²) in [6.45, 7) is 1.41. The third-order valence-corrected chi connectivity index (χ3v) is 3.57. The van der Waals surface area contributed by atoms with Crippen molar-refractivity contribution in [2.75, 3.05) is 10.6 Å². The number of non-ortho nitro benzene ring substituents is 1. The van der Waals surface area contributed by atoms with E-state index in [4.69, 9.17) is 11.6 Å². The Morgan fingerprint density at radius 3 is 2.52 bits per heavy atom. The van der Waals surface area contributed by atoms with Gasteiger partial charge in [0.1, 0.15) is 0 Å². The third kappa shape index (κ3) is 3.64. The lowest BCUT2D eigenvalue weighted by Crippen LogP contribution is -2.08. The molecule has 0 bridgehead atoms. The minimum atomic E-state index is -0.509. The van der Waals surface area contributed by atoms with Crippen LogP contribution < -0.4 is 10.6 Å². The lowest BCUT2D eigenvalue weighted by molar-refractivity contribution is -0.384. The Kier molecular flexibility index (Phi) is 4.44. The van der Waals surface area contributed by atoms with Crippen LogP contribution in [0.5, 0.6) is 0 Å². The van der Waals surface area contributed by atoms with Crippen LogP contribution in [0.4, 0.5) is 22.9 Å². The Balaban J connectivity index is 2.00. The Bertz CT molecular complexity index is 993. The Labute approximate surface area is 147 Å². The van der Waals surface area contributed by atoms with Gasteiger partial charge < -0.3 is 10.6 Å². The fraction of sp³-hybridized carbons (Fsp3) is 0.0625. The number of nitro benzene ring substituents is 1. The van der Waals surface area contributed by atoms with Crippen LogP contribution in [0.25, 0.3) is 11.0 Å². The van der Waals surface area contributed by atoms with Gasteiger partial charge in [-0.25, -0.2) is 9.97 Å². The summed E-state index contributed by atoms with van der Waals surface area (Å²) in [6, 6.07) is 11.2. The molecule has 3 rings (SSSR count). The van der Waals surface area contributed by atoms with Crippen LogP contribution in [0.3, 0.4) is 0 Å². The van der Waals surface area contributed by atoms with Gasteiger partial charge in [-0.15, -0.1) is 0 Å².